The molecular formula is C7H12O4. The van der Waals surface area contributed by atoms with Gasteiger partial charge in [0.05, 0.1) is 13.0 Å². The smallest absolute Gasteiger partial charge is 0.306 e. The van der Waals surface area contributed by atoms with Gasteiger partial charge in [-0.3, -0.25) is 4.79 Å². The van der Waals surface area contributed by atoms with Crippen LogP contribution in [-0.4, -0.2) is 32.6 Å². The molecule has 4 nitrogen and oxygen atoms in total. The monoisotopic (exact) mass is 160 g/mol. The van der Waals surface area contributed by atoms with Crippen molar-refractivity contribution in [3.05, 3.63) is 0 Å². The number of esters is 1. The summed E-state index contributed by atoms with van der Waals surface area (Å²) in [5.74, 6) is -0.353. The Morgan fingerprint density at radius 3 is 2.73 bits per heavy atom. The molecule has 0 aromatic rings. The number of hydrogen-bond acceptors (Lipinski definition) is 4. The number of carbonyl (C=O) groups excluding carboxylic acids is 2. The van der Waals surface area contributed by atoms with Gasteiger partial charge in [0.2, 0.25) is 0 Å². The molecule has 0 aliphatic carbocycles. The normalized spacial score (nSPS) is 9.18. The molecule has 0 heterocycles. The van der Waals surface area contributed by atoms with E-state index < -0.39 is 0 Å². The van der Waals surface area contributed by atoms with E-state index in [0.717, 1.165) is 0 Å². The van der Waals surface area contributed by atoms with Gasteiger partial charge in [0.1, 0.15) is 12.9 Å². The average molecular weight is 160 g/mol. The highest BCUT2D eigenvalue weighted by atomic mass is 16.6. The van der Waals surface area contributed by atoms with Crippen molar-refractivity contribution in [1.29, 1.82) is 0 Å². The van der Waals surface area contributed by atoms with Crippen molar-refractivity contribution in [2.45, 2.75) is 12.8 Å². The Morgan fingerprint density at radius 2 is 2.18 bits per heavy atom. The molecule has 0 bridgehead atoms. The second-order valence-electron chi connectivity index (χ2n) is 1.92. The molecule has 0 spiro atoms. The topological polar surface area (TPSA) is 52.6 Å². The number of aldehydes is 1. The van der Waals surface area contributed by atoms with Crippen molar-refractivity contribution in [1.82, 2.24) is 0 Å². The van der Waals surface area contributed by atoms with Crippen LogP contribution in [-0.2, 0) is 19.1 Å². The van der Waals surface area contributed by atoms with Gasteiger partial charge in [0, 0.05) is 13.5 Å². The van der Waals surface area contributed by atoms with Crippen LogP contribution in [0.4, 0.5) is 0 Å². The predicted molar refractivity (Wildman–Crippen MR) is 38.1 cm³/mol. The molecule has 0 saturated carbocycles. The fourth-order valence-corrected chi connectivity index (χ4v) is 0.488. The molecule has 0 aromatic heterocycles. The van der Waals surface area contributed by atoms with Gasteiger partial charge in [-0.2, -0.15) is 0 Å². The molecule has 0 radical (unpaired) electrons. The van der Waals surface area contributed by atoms with E-state index >= 15 is 0 Å². The Morgan fingerprint density at radius 1 is 1.45 bits per heavy atom. The van der Waals surface area contributed by atoms with E-state index in [9.17, 15) is 9.59 Å². The van der Waals surface area contributed by atoms with Crippen molar-refractivity contribution in [2.75, 3.05) is 20.3 Å². The molecule has 0 rings (SSSR count). The average Bonchev–Trinajstić information content (AvgIpc) is 2.01. The van der Waals surface area contributed by atoms with E-state index in [2.05, 4.69) is 9.47 Å². The molecule has 0 unspecified atom stereocenters. The highest BCUT2D eigenvalue weighted by Gasteiger charge is 1.99. The van der Waals surface area contributed by atoms with Crippen LogP contribution < -0.4 is 0 Å². The summed E-state index contributed by atoms with van der Waals surface area (Å²) in [5.41, 5.74) is 0. The van der Waals surface area contributed by atoms with E-state index in [4.69, 9.17) is 0 Å². The Hall–Kier alpha value is -0.900. The van der Waals surface area contributed by atoms with Crippen LogP contribution in [0.3, 0.4) is 0 Å². The highest BCUT2D eigenvalue weighted by molar-refractivity contribution is 5.72. The lowest BCUT2D eigenvalue weighted by Gasteiger charge is -2.00. The third-order valence-electron chi connectivity index (χ3n) is 1.02. The van der Waals surface area contributed by atoms with Gasteiger partial charge < -0.3 is 14.3 Å². The SMILES string of the molecule is COCCOC(=O)CCC=O. The van der Waals surface area contributed by atoms with Gasteiger partial charge in [-0.15, -0.1) is 0 Å². The van der Waals surface area contributed by atoms with Crippen LogP contribution in [0.2, 0.25) is 0 Å². The molecule has 0 aliphatic heterocycles. The van der Waals surface area contributed by atoms with Gasteiger partial charge in [-0.1, -0.05) is 0 Å². The lowest BCUT2D eigenvalue weighted by Crippen LogP contribution is -2.09. The predicted octanol–water partition coefficient (Wildman–Crippen LogP) is 0.155. The molecule has 0 aromatic carbocycles. The summed E-state index contributed by atoms with van der Waals surface area (Å²) < 4.78 is 9.31. The lowest BCUT2D eigenvalue weighted by molar-refractivity contribution is -0.145. The Balaban J connectivity index is 3.15. The van der Waals surface area contributed by atoms with Crippen molar-refractivity contribution >= 4 is 12.3 Å². The highest BCUT2D eigenvalue weighted by Crippen LogP contribution is 1.89. The maximum absolute atomic E-state index is 10.6. The summed E-state index contributed by atoms with van der Waals surface area (Å²) in [7, 11) is 1.53. The third-order valence-corrected chi connectivity index (χ3v) is 1.02. The Kier molecular flexibility index (Phi) is 6.62. The quantitative estimate of drug-likeness (QED) is 0.315. The number of methoxy groups -OCH3 is 1. The second-order valence-corrected chi connectivity index (χ2v) is 1.92. The van der Waals surface area contributed by atoms with Gasteiger partial charge in [0.15, 0.2) is 0 Å². The molecule has 0 fully saturated rings. The molecular weight excluding hydrogens is 148 g/mol. The van der Waals surface area contributed by atoms with Gasteiger partial charge >= 0.3 is 5.97 Å². The van der Waals surface area contributed by atoms with Crippen LogP contribution in [0.1, 0.15) is 12.8 Å². The van der Waals surface area contributed by atoms with E-state index in [1.165, 1.54) is 7.11 Å². The van der Waals surface area contributed by atoms with Crippen LogP contribution >= 0.6 is 0 Å². The first-order valence-electron chi connectivity index (χ1n) is 3.39. The number of hydrogen-bond donors (Lipinski definition) is 0. The Bertz CT molecular complexity index is 122. The van der Waals surface area contributed by atoms with E-state index in [-0.39, 0.29) is 25.4 Å². The summed E-state index contributed by atoms with van der Waals surface area (Å²) >= 11 is 0. The molecule has 0 amide bonds. The van der Waals surface area contributed by atoms with Crippen LogP contribution in [0.15, 0.2) is 0 Å². The third kappa shape index (κ3) is 6.99. The molecule has 0 N–H and O–H groups in total. The standard InChI is InChI=1S/C7H12O4/c1-10-5-6-11-7(9)3-2-4-8/h4H,2-3,5-6H2,1H3. The van der Waals surface area contributed by atoms with Gasteiger partial charge in [-0.05, 0) is 0 Å². The first-order valence-corrected chi connectivity index (χ1v) is 3.39. The maximum Gasteiger partial charge on any atom is 0.306 e. The first kappa shape index (κ1) is 10.1. The molecule has 64 valence electrons. The summed E-state index contributed by atoms with van der Waals surface area (Å²) in [6.45, 7) is 0.654. The van der Waals surface area contributed by atoms with Crippen LogP contribution in [0, 0.1) is 0 Å². The van der Waals surface area contributed by atoms with Crippen molar-refractivity contribution in [3.63, 3.8) is 0 Å². The fourth-order valence-electron chi connectivity index (χ4n) is 0.488. The number of rotatable bonds is 6. The molecule has 11 heavy (non-hydrogen) atoms. The molecule has 0 saturated heterocycles. The van der Waals surface area contributed by atoms with E-state index in [1.54, 1.807) is 0 Å². The summed E-state index contributed by atoms with van der Waals surface area (Å²) in [6, 6.07) is 0. The van der Waals surface area contributed by atoms with Crippen LogP contribution in [0.5, 0.6) is 0 Å². The second kappa shape index (κ2) is 7.21. The van der Waals surface area contributed by atoms with Crippen LogP contribution in [0.25, 0.3) is 0 Å². The van der Waals surface area contributed by atoms with E-state index in [1.807, 2.05) is 0 Å². The largest absolute Gasteiger partial charge is 0.463 e. The van der Waals surface area contributed by atoms with Crippen molar-refractivity contribution in [3.8, 4) is 0 Å². The zero-order valence-electron chi connectivity index (χ0n) is 6.54. The maximum atomic E-state index is 10.6. The number of carbonyl (C=O) groups is 2. The van der Waals surface area contributed by atoms with Gasteiger partial charge in [-0.25, -0.2) is 0 Å². The lowest BCUT2D eigenvalue weighted by atomic mass is 10.3. The van der Waals surface area contributed by atoms with Crippen molar-refractivity contribution in [2.24, 2.45) is 0 Å². The summed E-state index contributed by atoms with van der Waals surface area (Å²) in [4.78, 5) is 20.4. The first-order chi connectivity index (χ1) is 5.31. The van der Waals surface area contributed by atoms with E-state index in [0.29, 0.717) is 12.9 Å². The minimum absolute atomic E-state index is 0.160. The number of ether oxygens (including phenoxy) is 2. The zero-order valence-corrected chi connectivity index (χ0v) is 6.54. The summed E-state index contributed by atoms with van der Waals surface area (Å²) in [6.07, 6.45) is 1.08. The minimum atomic E-state index is -0.353. The van der Waals surface area contributed by atoms with Crippen molar-refractivity contribution < 1.29 is 19.1 Å². The van der Waals surface area contributed by atoms with Gasteiger partial charge in [0.25, 0.3) is 0 Å². The zero-order chi connectivity index (χ0) is 8.53. The molecule has 4 heteroatoms. The molecule has 0 aliphatic rings. The molecule has 0 atom stereocenters. The summed E-state index contributed by atoms with van der Waals surface area (Å²) in [5, 5.41) is 0. The Labute approximate surface area is 65.5 Å². The fraction of sp³-hybridized carbons (Fsp3) is 0.714. The minimum Gasteiger partial charge on any atom is -0.463 e.